The normalized spacial score (nSPS) is 20.9. The minimum atomic E-state index is -4.96. The summed E-state index contributed by atoms with van der Waals surface area (Å²) in [6, 6.07) is 12.9. The smallest absolute Gasteiger partial charge is 0.335 e. The van der Waals surface area contributed by atoms with Crippen molar-refractivity contribution in [3.63, 3.8) is 0 Å². The van der Waals surface area contributed by atoms with E-state index in [9.17, 15) is 19.1 Å². The average molecular weight is 443 g/mol. The van der Waals surface area contributed by atoms with E-state index in [4.69, 9.17) is 9.26 Å². The van der Waals surface area contributed by atoms with Crippen molar-refractivity contribution >= 4 is 13.8 Å². The summed E-state index contributed by atoms with van der Waals surface area (Å²) in [6.45, 7) is 11.6. The van der Waals surface area contributed by atoms with Crippen LogP contribution in [0.2, 0.25) is 0 Å². The van der Waals surface area contributed by atoms with Crippen LogP contribution < -0.4 is 9.42 Å². The van der Waals surface area contributed by atoms with Gasteiger partial charge in [-0.1, -0.05) is 58.0 Å². The van der Waals surface area contributed by atoms with Gasteiger partial charge < -0.3 is 19.0 Å². The number of hydrogen-bond acceptors (Lipinski definition) is 5. The molecule has 6 nitrogen and oxygen atoms in total. The van der Waals surface area contributed by atoms with Crippen molar-refractivity contribution in [1.29, 1.82) is 0 Å². The van der Waals surface area contributed by atoms with E-state index in [2.05, 4.69) is 13.8 Å². The van der Waals surface area contributed by atoms with Gasteiger partial charge in [-0.2, -0.15) is 0 Å². The molecule has 0 spiro atoms. The number of carbonyl (C=O) groups excluding carboxylic acids is 1. The van der Waals surface area contributed by atoms with E-state index in [1.54, 1.807) is 19.1 Å². The highest BCUT2D eigenvalue weighted by Crippen LogP contribution is 2.49. The van der Waals surface area contributed by atoms with Gasteiger partial charge in [-0.05, 0) is 54.5 Å². The minimum absolute atomic E-state index is 0.0494. The molecule has 0 radical (unpaired) electrons. The Morgan fingerprint density at radius 3 is 2.19 bits per heavy atom. The summed E-state index contributed by atoms with van der Waals surface area (Å²) in [4.78, 5) is 33.1. The maximum atomic E-state index is 12.6. The molecule has 31 heavy (non-hydrogen) atoms. The Bertz CT molecular complexity index is 1090. The van der Waals surface area contributed by atoms with Gasteiger partial charge in [0.2, 0.25) is 0 Å². The van der Waals surface area contributed by atoms with Gasteiger partial charge in [-0.25, -0.2) is 4.79 Å². The van der Waals surface area contributed by atoms with Crippen LogP contribution in [0, 0.1) is 0 Å². The maximum Gasteiger partial charge on any atom is 0.335 e. The number of esters is 1. The van der Waals surface area contributed by atoms with E-state index in [-0.39, 0.29) is 17.6 Å². The van der Waals surface area contributed by atoms with Crippen molar-refractivity contribution < 1.29 is 28.4 Å². The molecule has 0 fully saturated rings. The zero-order valence-corrected chi connectivity index (χ0v) is 19.5. The van der Waals surface area contributed by atoms with Gasteiger partial charge in [-0.3, -0.25) is 4.57 Å². The molecule has 0 aliphatic carbocycles. The molecule has 3 rings (SSSR count). The number of phosphoric acid groups is 1. The van der Waals surface area contributed by atoms with Crippen LogP contribution in [0.1, 0.15) is 75.6 Å². The fourth-order valence-electron chi connectivity index (χ4n) is 3.97. The highest BCUT2D eigenvalue weighted by atomic mass is 31.2. The first kappa shape index (κ1) is 23.3. The van der Waals surface area contributed by atoms with Crippen molar-refractivity contribution in [3.8, 4) is 5.75 Å². The topological polar surface area (TPSA) is 95.9 Å². The van der Waals surface area contributed by atoms with Crippen molar-refractivity contribution in [2.75, 3.05) is 0 Å². The SMILES string of the molecule is CC1=C(C)C(c2cccc(C(C)C)c2)(c2ccc(OP(=O)([O-])O)c(C(C)C)c2)OC1=O. The van der Waals surface area contributed by atoms with Gasteiger partial charge in [0, 0.05) is 16.7 Å². The molecule has 2 aromatic rings. The number of hydrogen-bond donors (Lipinski definition) is 1. The number of carbonyl (C=O) groups is 1. The zero-order valence-electron chi connectivity index (χ0n) is 18.6. The highest BCUT2D eigenvalue weighted by Gasteiger charge is 2.47. The van der Waals surface area contributed by atoms with Gasteiger partial charge in [0.05, 0.1) is 0 Å². The largest absolute Gasteiger partial charge is 0.746 e. The van der Waals surface area contributed by atoms with Crippen LogP contribution in [-0.4, -0.2) is 10.9 Å². The van der Waals surface area contributed by atoms with Gasteiger partial charge in [0.15, 0.2) is 5.60 Å². The third kappa shape index (κ3) is 4.33. The lowest BCUT2D eigenvalue weighted by atomic mass is 9.78. The minimum Gasteiger partial charge on any atom is -0.746 e. The van der Waals surface area contributed by atoms with E-state index < -0.39 is 19.4 Å². The first-order valence-electron chi connectivity index (χ1n) is 10.3. The molecule has 1 aliphatic heterocycles. The van der Waals surface area contributed by atoms with Crippen LogP contribution in [0.15, 0.2) is 53.6 Å². The summed E-state index contributed by atoms with van der Waals surface area (Å²) in [6.07, 6.45) is 0. The van der Waals surface area contributed by atoms with Crippen LogP contribution in [-0.2, 0) is 19.7 Å². The summed E-state index contributed by atoms with van der Waals surface area (Å²) in [5.41, 5.74) is 3.39. The number of ether oxygens (including phenoxy) is 1. The van der Waals surface area contributed by atoms with Crippen LogP contribution in [0.25, 0.3) is 0 Å². The number of cyclic esters (lactones) is 1. The average Bonchev–Trinajstić information content (AvgIpc) is 2.92. The van der Waals surface area contributed by atoms with Crippen molar-refractivity contribution in [1.82, 2.24) is 0 Å². The highest BCUT2D eigenvalue weighted by molar-refractivity contribution is 7.45. The lowest BCUT2D eigenvalue weighted by molar-refractivity contribution is -0.211. The Morgan fingerprint density at radius 1 is 1.03 bits per heavy atom. The molecule has 2 atom stereocenters. The zero-order chi connectivity index (χ0) is 23.1. The van der Waals surface area contributed by atoms with Crippen molar-refractivity contribution in [2.24, 2.45) is 0 Å². The molecule has 0 saturated heterocycles. The van der Waals surface area contributed by atoms with E-state index >= 15 is 0 Å². The van der Waals surface area contributed by atoms with E-state index in [1.807, 2.05) is 45.0 Å². The van der Waals surface area contributed by atoms with E-state index in [0.717, 1.165) is 16.7 Å². The van der Waals surface area contributed by atoms with Crippen LogP contribution in [0.5, 0.6) is 5.75 Å². The Labute approximate surface area is 183 Å². The van der Waals surface area contributed by atoms with Crippen molar-refractivity contribution in [2.45, 2.75) is 59.0 Å². The molecule has 1 aliphatic rings. The molecule has 1 heterocycles. The van der Waals surface area contributed by atoms with Gasteiger partial charge in [0.1, 0.15) is 5.75 Å². The molecular formula is C24H28O6P-. The predicted molar refractivity (Wildman–Crippen MR) is 117 cm³/mol. The van der Waals surface area contributed by atoms with Crippen molar-refractivity contribution in [3.05, 3.63) is 75.9 Å². The molecule has 1 N–H and O–H groups in total. The number of benzene rings is 2. The number of phosphoric ester groups is 1. The van der Waals surface area contributed by atoms with Crippen LogP contribution in [0.3, 0.4) is 0 Å². The van der Waals surface area contributed by atoms with Gasteiger partial charge in [-0.15, -0.1) is 0 Å². The first-order valence-corrected chi connectivity index (χ1v) is 11.8. The summed E-state index contributed by atoms with van der Waals surface area (Å²) >= 11 is 0. The molecule has 0 amide bonds. The summed E-state index contributed by atoms with van der Waals surface area (Å²) in [5, 5.41) is 0. The fourth-order valence-corrected chi connectivity index (χ4v) is 4.38. The Kier molecular flexibility index (Phi) is 6.21. The fraction of sp³-hybridized carbons (Fsp3) is 0.375. The summed E-state index contributed by atoms with van der Waals surface area (Å²) in [7, 11) is -4.96. The first-order chi connectivity index (χ1) is 14.4. The second-order valence-electron chi connectivity index (χ2n) is 8.57. The van der Waals surface area contributed by atoms with Gasteiger partial charge in [0.25, 0.3) is 0 Å². The second-order valence-corrected chi connectivity index (χ2v) is 9.69. The molecule has 0 bridgehead atoms. The Hall–Kier alpha value is -2.40. The standard InChI is InChI=1S/C24H29O6P/c1-14(2)18-8-7-9-19(12-18)24(17(6)16(5)23(25)29-24)20-10-11-22(30-31(26,27)28)21(13-20)15(3)4/h7-15H,1-6H3,(H2,26,27,28)/p-1. The molecule has 166 valence electrons. The Morgan fingerprint density at radius 2 is 1.68 bits per heavy atom. The van der Waals surface area contributed by atoms with Gasteiger partial charge >= 0.3 is 13.8 Å². The van der Waals surface area contributed by atoms with E-state index in [0.29, 0.717) is 16.7 Å². The second kappa shape index (κ2) is 8.27. The Balaban J connectivity index is 2.28. The van der Waals surface area contributed by atoms with E-state index in [1.165, 1.54) is 6.07 Å². The summed E-state index contributed by atoms with van der Waals surface area (Å²) < 4.78 is 22.2. The summed E-state index contributed by atoms with van der Waals surface area (Å²) in [5.74, 6) is -0.160. The van der Waals surface area contributed by atoms with Crippen LogP contribution >= 0.6 is 7.82 Å². The molecular weight excluding hydrogens is 415 g/mol. The molecule has 0 aromatic heterocycles. The van der Waals surface area contributed by atoms with Crippen LogP contribution in [0.4, 0.5) is 0 Å². The number of rotatable bonds is 6. The molecule has 2 unspecified atom stereocenters. The quantitative estimate of drug-likeness (QED) is 0.503. The predicted octanol–water partition coefficient (Wildman–Crippen LogP) is 4.91. The lowest BCUT2D eigenvalue weighted by Crippen LogP contribution is -2.30. The lowest BCUT2D eigenvalue weighted by Gasteiger charge is -2.33. The maximum absolute atomic E-state index is 12.6. The monoisotopic (exact) mass is 443 g/mol. The molecule has 2 aromatic carbocycles. The third-order valence-corrected chi connectivity index (χ3v) is 6.28. The third-order valence-electron chi connectivity index (χ3n) is 5.85. The molecule has 0 saturated carbocycles. The molecule has 7 heteroatoms.